The molecule has 1 aromatic carbocycles. The van der Waals surface area contributed by atoms with Crippen molar-refractivity contribution in [2.75, 3.05) is 13.1 Å². The molecule has 164 valence electrons. The lowest BCUT2D eigenvalue weighted by Gasteiger charge is -2.18. The molecule has 2 heterocycles. The summed E-state index contributed by atoms with van der Waals surface area (Å²) in [7, 11) is 0. The summed E-state index contributed by atoms with van der Waals surface area (Å²) in [5.41, 5.74) is 10.8. The van der Waals surface area contributed by atoms with Crippen LogP contribution in [0.1, 0.15) is 72.8 Å². The standard InChI is InChI=1S/C25H32N4O2/c1-3-4-5-8-21-24(20-12-10-19(17-26)11-13-20)23(25(27)31)18(2)29(21)16-7-15-28-14-6-9-22(28)30/h10-13H,3-9,14-16H2,1-2H3,(H2,27,31). The van der Waals surface area contributed by atoms with E-state index in [1.54, 1.807) is 12.1 Å². The first kappa shape index (κ1) is 22.6. The maximum atomic E-state index is 12.5. The number of unbranched alkanes of at least 4 members (excludes halogenated alkanes) is 2. The first-order valence-corrected chi connectivity index (χ1v) is 11.3. The van der Waals surface area contributed by atoms with Gasteiger partial charge in [-0.15, -0.1) is 0 Å². The van der Waals surface area contributed by atoms with E-state index in [9.17, 15) is 9.59 Å². The van der Waals surface area contributed by atoms with Gasteiger partial charge in [-0.3, -0.25) is 9.59 Å². The number of hydrogen-bond acceptors (Lipinski definition) is 3. The van der Waals surface area contributed by atoms with Gasteiger partial charge < -0.3 is 15.2 Å². The molecule has 1 aliphatic rings. The molecule has 1 saturated heterocycles. The van der Waals surface area contributed by atoms with E-state index >= 15 is 0 Å². The number of carbonyl (C=O) groups excluding carboxylic acids is 2. The highest BCUT2D eigenvalue weighted by Crippen LogP contribution is 2.34. The Bertz CT molecular complexity index is 982. The van der Waals surface area contributed by atoms with E-state index in [1.165, 1.54) is 0 Å². The number of nitrogens with two attached hydrogens (primary N) is 1. The number of amides is 2. The molecular formula is C25H32N4O2. The van der Waals surface area contributed by atoms with Gasteiger partial charge in [0.1, 0.15) is 0 Å². The topological polar surface area (TPSA) is 92.1 Å². The van der Waals surface area contributed by atoms with Crippen molar-refractivity contribution in [2.24, 2.45) is 5.73 Å². The number of aromatic nitrogens is 1. The predicted molar refractivity (Wildman–Crippen MR) is 121 cm³/mol. The number of benzene rings is 1. The van der Waals surface area contributed by atoms with E-state index in [1.807, 2.05) is 24.0 Å². The SMILES string of the molecule is CCCCCc1c(-c2ccc(C#N)cc2)c(C(N)=O)c(C)n1CCCN1CCCC1=O. The molecule has 6 nitrogen and oxygen atoms in total. The lowest BCUT2D eigenvalue weighted by atomic mass is 9.96. The van der Waals surface area contributed by atoms with Crippen LogP contribution in [0, 0.1) is 18.3 Å². The zero-order valence-corrected chi connectivity index (χ0v) is 18.6. The summed E-state index contributed by atoms with van der Waals surface area (Å²) in [6.07, 6.45) is 6.56. The lowest BCUT2D eigenvalue weighted by Crippen LogP contribution is -2.26. The zero-order valence-electron chi connectivity index (χ0n) is 18.6. The fourth-order valence-corrected chi connectivity index (χ4v) is 4.59. The maximum Gasteiger partial charge on any atom is 0.251 e. The average molecular weight is 421 g/mol. The van der Waals surface area contributed by atoms with Crippen LogP contribution in [-0.4, -0.2) is 34.4 Å². The molecule has 6 heteroatoms. The minimum Gasteiger partial charge on any atom is -0.366 e. The van der Waals surface area contributed by atoms with Gasteiger partial charge in [-0.05, 0) is 50.3 Å². The second kappa shape index (κ2) is 10.3. The van der Waals surface area contributed by atoms with Crippen molar-refractivity contribution >= 4 is 11.8 Å². The molecule has 0 atom stereocenters. The number of likely N-dealkylation sites (tertiary alicyclic amines) is 1. The Kier molecular flexibility index (Phi) is 7.51. The number of hydrogen-bond donors (Lipinski definition) is 1. The minimum atomic E-state index is -0.429. The molecule has 0 aliphatic carbocycles. The smallest absolute Gasteiger partial charge is 0.251 e. The van der Waals surface area contributed by atoms with Crippen LogP contribution in [0.15, 0.2) is 24.3 Å². The Hall–Kier alpha value is -3.07. The zero-order chi connectivity index (χ0) is 22.4. The van der Waals surface area contributed by atoms with E-state index in [2.05, 4.69) is 17.6 Å². The molecule has 0 bridgehead atoms. The molecule has 3 rings (SSSR count). The summed E-state index contributed by atoms with van der Waals surface area (Å²) in [4.78, 5) is 26.3. The molecule has 2 N–H and O–H groups in total. The Morgan fingerprint density at radius 1 is 1.16 bits per heavy atom. The second-order valence-corrected chi connectivity index (χ2v) is 8.28. The fraction of sp³-hybridized carbons (Fsp3) is 0.480. The first-order chi connectivity index (χ1) is 15.0. The van der Waals surface area contributed by atoms with E-state index in [-0.39, 0.29) is 5.91 Å². The predicted octanol–water partition coefficient (Wildman–Crippen LogP) is 4.18. The van der Waals surface area contributed by atoms with Crippen molar-refractivity contribution in [1.82, 2.24) is 9.47 Å². The summed E-state index contributed by atoms with van der Waals surface area (Å²) >= 11 is 0. The summed E-state index contributed by atoms with van der Waals surface area (Å²) in [6, 6.07) is 9.50. The molecule has 0 saturated carbocycles. The van der Waals surface area contributed by atoms with Crippen molar-refractivity contribution in [3.8, 4) is 17.2 Å². The molecule has 1 aromatic heterocycles. The van der Waals surface area contributed by atoms with Crippen molar-refractivity contribution < 1.29 is 9.59 Å². The Labute approximate surface area is 184 Å². The molecule has 0 unspecified atom stereocenters. The van der Waals surface area contributed by atoms with Crippen molar-refractivity contribution in [3.63, 3.8) is 0 Å². The van der Waals surface area contributed by atoms with Crippen molar-refractivity contribution in [2.45, 2.75) is 65.3 Å². The van der Waals surface area contributed by atoms with Gasteiger partial charge in [0.05, 0.1) is 17.2 Å². The molecule has 1 aliphatic heterocycles. The van der Waals surface area contributed by atoms with Crippen LogP contribution in [-0.2, 0) is 17.8 Å². The van der Waals surface area contributed by atoms with E-state index in [0.29, 0.717) is 17.5 Å². The van der Waals surface area contributed by atoms with Crippen LogP contribution < -0.4 is 5.73 Å². The number of primary amides is 1. The van der Waals surface area contributed by atoms with Crippen molar-refractivity contribution in [3.05, 3.63) is 46.8 Å². The van der Waals surface area contributed by atoms with Gasteiger partial charge >= 0.3 is 0 Å². The number of nitrogens with zero attached hydrogens (tertiary/aromatic N) is 3. The van der Waals surface area contributed by atoms with Crippen LogP contribution in [0.25, 0.3) is 11.1 Å². The molecule has 1 fully saturated rings. The summed E-state index contributed by atoms with van der Waals surface area (Å²) in [5.74, 6) is -0.189. The third-order valence-corrected chi connectivity index (χ3v) is 6.18. The van der Waals surface area contributed by atoms with Gasteiger partial charge in [0.25, 0.3) is 5.91 Å². The van der Waals surface area contributed by atoms with E-state index in [0.717, 1.165) is 80.7 Å². The quantitative estimate of drug-likeness (QED) is 0.585. The van der Waals surface area contributed by atoms with E-state index in [4.69, 9.17) is 11.0 Å². The van der Waals surface area contributed by atoms with E-state index < -0.39 is 5.91 Å². The highest BCUT2D eigenvalue weighted by molar-refractivity contribution is 6.02. The highest BCUT2D eigenvalue weighted by Gasteiger charge is 2.25. The number of rotatable bonds is 10. The Balaban J connectivity index is 1.98. The van der Waals surface area contributed by atoms with Crippen LogP contribution in [0.5, 0.6) is 0 Å². The van der Waals surface area contributed by atoms with Crippen LogP contribution in [0.3, 0.4) is 0 Å². The van der Waals surface area contributed by atoms with Crippen LogP contribution in [0.4, 0.5) is 0 Å². The average Bonchev–Trinajstić information content (AvgIpc) is 3.29. The van der Waals surface area contributed by atoms with Crippen LogP contribution >= 0.6 is 0 Å². The third-order valence-electron chi connectivity index (χ3n) is 6.18. The minimum absolute atomic E-state index is 0.239. The third kappa shape index (κ3) is 4.99. The van der Waals surface area contributed by atoms with Crippen molar-refractivity contribution in [1.29, 1.82) is 5.26 Å². The summed E-state index contributed by atoms with van der Waals surface area (Å²) in [5, 5.41) is 9.14. The van der Waals surface area contributed by atoms with Gasteiger partial charge in [0.15, 0.2) is 0 Å². The highest BCUT2D eigenvalue weighted by atomic mass is 16.2. The lowest BCUT2D eigenvalue weighted by molar-refractivity contribution is -0.127. The maximum absolute atomic E-state index is 12.5. The first-order valence-electron chi connectivity index (χ1n) is 11.3. The summed E-state index contributed by atoms with van der Waals surface area (Å²) in [6.45, 7) is 6.46. The largest absolute Gasteiger partial charge is 0.366 e. The summed E-state index contributed by atoms with van der Waals surface area (Å²) < 4.78 is 2.23. The second-order valence-electron chi connectivity index (χ2n) is 8.28. The number of nitriles is 1. The molecular weight excluding hydrogens is 388 g/mol. The van der Waals surface area contributed by atoms with Gasteiger partial charge in [-0.1, -0.05) is 31.9 Å². The van der Waals surface area contributed by atoms with Gasteiger partial charge in [0, 0.05) is 43.0 Å². The van der Waals surface area contributed by atoms with Gasteiger partial charge in [-0.25, -0.2) is 0 Å². The molecule has 31 heavy (non-hydrogen) atoms. The Morgan fingerprint density at radius 3 is 2.48 bits per heavy atom. The van der Waals surface area contributed by atoms with Gasteiger partial charge in [-0.2, -0.15) is 5.26 Å². The monoisotopic (exact) mass is 420 g/mol. The van der Waals surface area contributed by atoms with Gasteiger partial charge in [0.2, 0.25) is 5.91 Å². The number of carbonyl (C=O) groups is 2. The van der Waals surface area contributed by atoms with Crippen LogP contribution in [0.2, 0.25) is 0 Å². The normalized spacial score (nSPS) is 13.6. The molecule has 2 amide bonds. The molecule has 0 radical (unpaired) electrons. The molecule has 0 spiro atoms. The molecule has 2 aromatic rings. The fourth-order valence-electron chi connectivity index (χ4n) is 4.59. The Morgan fingerprint density at radius 2 is 1.90 bits per heavy atom.